The summed E-state index contributed by atoms with van der Waals surface area (Å²) in [4.78, 5) is 2.77. The molecule has 0 aromatic heterocycles. The highest BCUT2D eigenvalue weighted by molar-refractivity contribution is 7.99. The fourth-order valence-electron chi connectivity index (χ4n) is 10.8. The summed E-state index contributed by atoms with van der Waals surface area (Å²) < 4.78 is 7.28. The first-order chi connectivity index (χ1) is 26.8. The molecule has 1 nitrogen and oxygen atoms in total. The highest BCUT2D eigenvalue weighted by Gasteiger charge is 2.44. The molecular formula is C54H46OS. The van der Waals surface area contributed by atoms with E-state index in [4.69, 9.17) is 4.74 Å². The van der Waals surface area contributed by atoms with Crippen molar-refractivity contribution < 1.29 is 4.74 Å². The lowest BCUT2D eigenvalue weighted by molar-refractivity contribution is 0.420. The van der Waals surface area contributed by atoms with Crippen molar-refractivity contribution in [2.75, 3.05) is 0 Å². The van der Waals surface area contributed by atoms with Gasteiger partial charge in [0.15, 0.2) is 0 Å². The van der Waals surface area contributed by atoms with Crippen molar-refractivity contribution in [3.05, 3.63) is 178 Å². The number of para-hydroxylation sites is 1. The molecule has 2 heterocycles. The maximum Gasteiger partial charge on any atom is 0.139 e. The van der Waals surface area contributed by atoms with Crippen LogP contribution in [0, 0.1) is 0 Å². The summed E-state index contributed by atoms with van der Waals surface area (Å²) in [6.45, 7) is 19.0. The van der Waals surface area contributed by atoms with E-state index in [1.807, 2.05) is 11.8 Å². The molecule has 0 spiro atoms. The zero-order valence-electron chi connectivity index (χ0n) is 33.5. The first kappa shape index (κ1) is 34.0. The van der Waals surface area contributed by atoms with Gasteiger partial charge in [-0.25, -0.2) is 0 Å². The molecule has 4 aliphatic rings. The molecule has 0 unspecified atom stereocenters. The third-order valence-corrected chi connectivity index (χ3v) is 15.3. The van der Waals surface area contributed by atoms with Crippen molar-refractivity contribution in [1.29, 1.82) is 0 Å². The highest BCUT2D eigenvalue weighted by Crippen LogP contribution is 2.62. The van der Waals surface area contributed by atoms with Gasteiger partial charge in [0.25, 0.3) is 0 Å². The van der Waals surface area contributed by atoms with Crippen LogP contribution in [0.2, 0.25) is 0 Å². The van der Waals surface area contributed by atoms with Gasteiger partial charge in [-0.3, -0.25) is 0 Å². The lowest BCUT2D eigenvalue weighted by Gasteiger charge is -2.37. The zero-order chi connectivity index (χ0) is 38.5. The summed E-state index contributed by atoms with van der Waals surface area (Å²) >= 11 is 1.97. The Morgan fingerprint density at radius 3 is 1.46 bits per heavy atom. The van der Waals surface area contributed by atoms with Crippen molar-refractivity contribution >= 4 is 11.8 Å². The predicted octanol–water partition coefficient (Wildman–Crippen LogP) is 14.9. The summed E-state index contributed by atoms with van der Waals surface area (Å²) in [6.07, 6.45) is 0. The average Bonchev–Trinajstić information content (AvgIpc) is 3.58. The van der Waals surface area contributed by atoms with E-state index < -0.39 is 0 Å². The van der Waals surface area contributed by atoms with E-state index in [2.05, 4.69) is 189 Å². The van der Waals surface area contributed by atoms with Crippen LogP contribution in [0.1, 0.15) is 99.9 Å². The Bertz CT molecular complexity index is 2670. The van der Waals surface area contributed by atoms with Crippen LogP contribution < -0.4 is 4.74 Å². The molecule has 0 saturated heterocycles. The van der Waals surface area contributed by atoms with Crippen molar-refractivity contribution in [1.82, 2.24) is 0 Å². The Labute approximate surface area is 335 Å². The number of rotatable bonds is 2. The first-order valence-electron chi connectivity index (χ1n) is 20.1. The maximum absolute atomic E-state index is 7.28. The van der Waals surface area contributed by atoms with Crippen LogP contribution in [0.3, 0.4) is 0 Å². The minimum absolute atomic E-state index is 0.0363. The number of hydrogen-bond acceptors (Lipinski definition) is 2. The molecule has 0 N–H and O–H groups in total. The molecule has 0 bridgehead atoms. The summed E-state index contributed by atoms with van der Waals surface area (Å²) in [6, 6.07) is 50.2. The van der Waals surface area contributed by atoms with Gasteiger partial charge in [0, 0.05) is 59.3 Å². The fraction of sp³-hybridized carbons (Fsp3) is 0.222. The lowest BCUT2D eigenvalue weighted by Crippen LogP contribution is -2.25. The second kappa shape index (κ2) is 11.2. The standard InChI is InChI=1S/C54H46OS/c1-51(2)37-22-11-9-18-35(37)45-39(51)26-28-42-48(45)55-47-33(20-14-24-41(47)53(42,5)6)31-16-13-17-32(30-31)34-21-15-25-43-49(34)56-50-44(54(43,7)8)29-27-40-46(50)36-19-10-12-23-38(36)52(40,3)4/h9-30H,1-8H3. The van der Waals surface area contributed by atoms with E-state index >= 15 is 0 Å². The Balaban J connectivity index is 1.05. The van der Waals surface area contributed by atoms with E-state index in [-0.39, 0.29) is 21.7 Å². The summed E-state index contributed by atoms with van der Waals surface area (Å²) in [5.41, 5.74) is 20.5. The van der Waals surface area contributed by atoms with E-state index in [1.165, 1.54) is 93.2 Å². The molecule has 0 fully saturated rings. The molecule has 56 heavy (non-hydrogen) atoms. The third kappa shape index (κ3) is 4.29. The van der Waals surface area contributed by atoms with Gasteiger partial charge in [0.2, 0.25) is 0 Å². The van der Waals surface area contributed by atoms with E-state index in [0.717, 1.165) is 17.1 Å². The molecule has 2 aliphatic heterocycles. The van der Waals surface area contributed by atoms with Crippen molar-refractivity contribution in [2.24, 2.45) is 0 Å². The van der Waals surface area contributed by atoms with E-state index in [9.17, 15) is 0 Å². The number of fused-ring (bicyclic) bond motifs is 12. The molecule has 0 atom stereocenters. The quantitative estimate of drug-likeness (QED) is 0.174. The summed E-state index contributed by atoms with van der Waals surface area (Å²) in [7, 11) is 0. The largest absolute Gasteiger partial charge is 0.455 e. The Hall–Kier alpha value is -5.31. The van der Waals surface area contributed by atoms with Crippen molar-refractivity contribution in [2.45, 2.75) is 86.8 Å². The SMILES string of the molecule is CC1(C)c2cccc(-c3cccc(-c4cccc5c4Sc4c(ccc6c4-c4ccccc4C6(C)C)C5(C)C)c3)c2Oc2c1ccc1c2-c2ccccc2C1(C)C. The van der Waals surface area contributed by atoms with Crippen LogP contribution in [0.25, 0.3) is 44.5 Å². The van der Waals surface area contributed by atoms with Gasteiger partial charge < -0.3 is 4.74 Å². The molecule has 11 rings (SSSR count). The van der Waals surface area contributed by atoms with Gasteiger partial charge >= 0.3 is 0 Å². The molecule has 0 amide bonds. The monoisotopic (exact) mass is 742 g/mol. The highest BCUT2D eigenvalue weighted by atomic mass is 32.2. The van der Waals surface area contributed by atoms with Crippen LogP contribution in [0.4, 0.5) is 0 Å². The van der Waals surface area contributed by atoms with Crippen molar-refractivity contribution in [3.8, 4) is 56.0 Å². The van der Waals surface area contributed by atoms with Crippen molar-refractivity contribution in [3.63, 3.8) is 0 Å². The fourth-order valence-corrected chi connectivity index (χ4v) is 12.5. The maximum atomic E-state index is 7.28. The normalized spacial score (nSPS) is 17.6. The van der Waals surface area contributed by atoms with Gasteiger partial charge in [0.1, 0.15) is 11.5 Å². The topological polar surface area (TPSA) is 9.23 Å². The Kier molecular flexibility index (Phi) is 6.78. The number of hydrogen-bond donors (Lipinski definition) is 0. The van der Waals surface area contributed by atoms with Crippen LogP contribution in [0.5, 0.6) is 11.5 Å². The van der Waals surface area contributed by atoms with Crippen LogP contribution in [-0.4, -0.2) is 0 Å². The molecule has 7 aromatic carbocycles. The second-order valence-corrected chi connectivity index (χ2v) is 19.5. The number of ether oxygens (including phenoxy) is 1. The molecular weight excluding hydrogens is 697 g/mol. The molecule has 2 heteroatoms. The molecule has 2 aliphatic carbocycles. The smallest absolute Gasteiger partial charge is 0.139 e. The minimum atomic E-state index is -0.241. The number of benzene rings is 7. The van der Waals surface area contributed by atoms with Gasteiger partial charge in [-0.1, -0.05) is 195 Å². The zero-order valence-corrected chi connectivity index (χ0v) is 34.3. The van der Waals surface area contributed by atoms with E-state index in [0.29, 0.717) is 0 Å². The van der Waals surface area contributed by atoms with Gasteiger partial charge in [-0.2, -0.15) is 0 Å². The minimum Gasteiger partial charge on any atom is -0.455 e. The van der Waals surface area contributed by atoms with E-state index in [1.54, 1.807) is 0 Å². The van der Waals surface area contributed by atoms with Gasteiger partial charge in [0.05, 0.1) is 0 Å². The predicted molar refractivity (Wildman–Crippen MR) is 234 cm³/mol. The summed E-state index contributed by atoms with van der Waals surface area (Å²) in [5, 5.41) is 0. The third-order valence-electron chi connectivity index (χ3n) is 14.0. The lowest BCUT2D eigenvalue weighted by atomic mass is 9.73. The molecule has 0 radical (unpaired) electrons. The van der Waals surface area contributed by atoms with Gasteiger partial charge in [-0.15, -0.1) is 0 Å². The van der Waals surface area contributed by atoms with Gasteiger partial charge in [-0.05, 0) is 67.3 Å². The Morgan fingerprint density at radius 2 is 0.768 bits per heavy atom. The summed E-state index contributed by atoms with van der Waals surface area (Å²) in [5.74, 6) is 1.97. The molecule has 274 valence electrons. The Morgan fingerprint density at radius 1 is 0.339 bits per heavy atom. The first-order valence-corrected chi connectivity index (χ1v) is 20.9. The molecule has 7 aromatic rings. The van der Waals surface area contributed by atoms with Crippen LogP contribution in [0.15, 0.2) is 143 Å². The van der Waals surface area contributed by atoms with Crippen LogP contribution >= 0.6 is 11.8 Å². The van der Waals surface area contributed by atoms with Crippen LogP contribution in [-0.2, 0) is 21.7 Å². The average molecular weight is 743 g/mol. The second-order valence-electron chi connectivity index (χ2n) is 18.5. The molecule has 0 saturated carbocycles.